The zero-order valence-corrected chi connectivity index (χ0v) is 13.5. The Kier molecular flexibility index (Phi) is 4.46. The Balaban J connectivity index is 1.65. The Labute approximate surface area is 140 Å². The Bertz CT molecular complexity index is 730. The fourth-order valence-electron chi connectivity index (χ4n) is 2.92. The summed E-state index contributed by atoms with van der Waals surface area (Å²) in [6.07, 6.45) is 1.74. The van der Waals surface area contributed by atoms with Gasteiger partial charge in [0.25, 0.3) is 0 Å². The number of rotatable bonds is 4. The Morgan fingerprint density at radius 2 is 2.04 bits per heavy atom. The number of nitrogens with zero attached hydrogens (tertiary/aromatic N) is 2. The SMILES string of the molecule is CC(c1ccccc1)N1CC(C(=O)Nc2ccc(N)nc2)CC1=O. The highest BCUT2D eigenvalue weighted by atomic mass is 16.2. The normalized spacial score (nSPS) is 18.5. The Morgan fingerprint density at radius 3 is 2.71 bits per heavy atom. The third kappa shape index (κ3) is 3.37. The van der Waals surface area contributed by atoms with E-state index in [9.17, 15) is 9.59 Å². The molecule has 0 radical (unpaired) electrons. The average molecular weight is 324 g/mol. The largest absolute Gasteiger partial charge is 0.384 e. The van der Waals surface area contributed by atoms with E-state index in [1.807, 2.05) is 37.3 Å². The first-order chi connectivity index (χ1) is 11.5. The molecule has 1 fully saturated rings. The van der Waals surface area contributed by atoms with Crippen molar-refractivity contribution in [3.05, 3.63) is 54.2 Å². The zero-order valence-electron chi connectivity index (χ0n) is 13.5. The van der Waals surface area contributed by atoms with Gasteiger partial charge in [-0.2, -0.15) is 0 Å². The highest BCUT2D eigenvalue weighted by Crippen LogP contribution is 2.29. The van der Waals surface area contributed by atoms with Crippen LogP contribution < -0.4 is 11.1 Å². The molecule has 1 aliphatic heterocycles. The monoisotopic (exact) mass is 324 g/mol. The van der Waals surface area contributed by atoms with Gasteiger partial charge in [0.2, 0.25) is 11.8 Å². The van der Waals surface area contributed by atoms with Crippen molar-refractivity contribution in [1.82, 2.24) is 9.88 Å². The fraction of sp³-hybridized carbons (Fsp3) is 0.278. The standard InChI is InChI=1S/C18H20N4O2/c1-12(13-5-3-2-4-6-13)22-11-14(9-17(22)23)18(24)21-15-7-8-16(19)20-10-15/h2-8,10,12,14H,9,11H2,1H3,(H2,19,20)(H,21,24). The molecule has 2 atom stereocenters. The van der Waals surface area contributed by atoms with E-state index >= 15 is 0 Å². The van der Waals surface area contributed by atoms with Crippen LogP contribution in [0, 0.1) is 5.92 Å². The second-order valence-corrected chi connectivity index (χ2v) is 5.99. The lowest BCUT2D eigenvalue weighted by Gasteiger charge is -2.25. The van der Waals surface area contributed by atoms with Gasteiger partial charge in [-0.25, -0.2) is 4.98 Å². The summed E-state index contributed by atoms with van der Waals surface area (Å²) in [6, 6.07) is 13.1. The van der Waals surface area contributed by atoms with Crippen molar-refractivity contribution < 1.29 is 9.59 Å². The minimum Gasteiger partial charge on any atom is -0.384 e. The second kappa shape index (κ2) is 6.70. The molecule has 6 heteroatoms. The lowest BCUT2D eigenvalue weighted by Crippen LogP contribution is -2.30. The molecule has 3 N–H and O–H groups in total. The number of hydrogen-bond acceptors (Lipinski definition) is 4. The van der Waals surface area contributed by atoms with Crippen molar-refractivity contribution in [3.63, 3.8) is 0 Å². The van der Waals surface area contributed by atoms with Crippen molar-refractivity contribution in [2.24, 2.45) is 5.92 Å². The number of nitrogens with one attached hydrogen (secondary N) is 1. The molecule has 2 amide bonds. The summed E-state index contributed by atoms with van der Waals surface area (Å²) >= 11 is 0. The third-order valence-corrected chi connectivity index (χ3v) is 4.33. The molecule has 3 rings (SSSR count). The Morgan fingerprint density at radius 1 is 1.29 bits per heavy atom. The van der Waals surface area contributed by atoms with Crippen molar-refractivity contribution in [1.29, 1.82) is 0 Å². The van der Waals surface area contributed by atoms with Gasteiger partial charge in [-0.15, -0.1) is 0 Å². The fourth-order valence-corrected chi connectivity index (χ4v) is 2.92. The number of aromatic nitrogens is 1. The van der Waals surface area contributed by atoms with Gasteiger partial charge in [0.15, 0.2) is 0 Å². The van der Waals surface area contributed by atoms with Crippen molar-refractivity contribution in [3.8, 4) is 0 Å². The summed E-state index contributed by atoms with van der Waals surface area (Å²) in [4.78, 5) is 30.4. The molecule has 2 unspecified atom stereocenters. The molecule has 0 aliphatic carbocycles. The highest BCUT2D eigenvalue weighted by molar-refractivity contribution is 5.97. The lowest BCUT2D eigenvalue weighted by molar-refractivity contribution is -0.129. The van der Waals surface area contributed by atoms with Crippen LogP contribution in [0.15, 0.2) is 48.7 Å². The van der Waals surface area contributed by atoms with Gasteiger partial charge in [0.1, 0.15) is 5.82 Å². The van der Waals surface area contributed by atoms with Crippen LogP contribution in [0.5, 0.6) is 0 Å². The van der Waals surface area contributed by atoms with Crippen LogP contribution in [0.1, 0.15) is 24.9 Å². The minimum atomic E-state index is -0.360. The Hall–Kier alpha value is -2.89. The number of nitrogen functional groups attached to an aromatic ring is 1. The van der Waals surface area contributed by atoms with Gasteiger partial charge in [0.05, 0.1) is 23.8 Å². The molecule has 0 bridgehead atoms. The maximum atomic E-state index is 12.4. The van der Waals surface area contributed by atoms with Gasteiger partial charge in [-0.05, 0) is 24.6 Å². The highest BCUT2D eigenvalue weighted by Gasteiger charge is 2.37. The summed E-state index contributed by atoms with van der Waals surface area (Å²) in [5, 5.41) is 2.79. The molecule has 24 heavy (non-hydrogen) atoms. The summed E-state index contributed by atoms with van der Waals surface area (Å²) in [6.45, 7) is 2.40. The summed E-state index contributed by atoms with van der Waals surface area (Å²) in [7, 11) is 0. The predicted octanol–water partition coefficient (Wildman–Crippen LogP) is 2.21. The van der Waals surface area contributed by atoms with Crippen molar-refractivity contribution >= 4 is 23.3 Å². The van der Waals surface area contributed by atoms with Crippen LogP contribution in [0.4, 0.5) is 11.5 Å². The van der Waals surface area contributed by atoms with Gasteiger partial charge in [-0.1, -0.05) is 30.3 Å². The summed E-state index contributed by atoms with van der Waals surface area (Å²) in [5.41, 5.74) is 7.17. The van der Waals surface area contributed by atoms with Gasteiger partial charge in [-0.3, -0.25) is 9.59 Å². The van der Waals surface area contributed by atoms with Gasteiger partial charge in [0, 0.05) is 13.0 Å². The minimum absolute atomic E-state index is 0.00179. The van der Waals surface area contributed by atoms with Crippen LogP contribution in [0.3, 0.4) is 0 Å². The van der Waals surface area contributed by atoms with Crippen molar-refractivity contribution in [2.75, 3.05) is 17.6 Å². The molecule has 2 heterocycles. The first-order valence-electron chi connectivity index (χ1n) is 7.91. The number of anilines is 2. The van der Waals surface area contributed by atoms with E-state index in [0.29, 0.717) is 18.1 Å². The first-order valence-corrected chi connectivity index (χ1v) is 7.91. The smallest absolute Gasteiger partial charge is 0.229 e. The number of pyridine rings is 1. The van der Waals surface area contributed by atoms with E-state index in [2.05, 4.69) is 10.3 Å². The van der Waals surface area contributed by atoms with E-state index in [-0.39, 0.29) is 30.2 Å². The van der Waals surface area contributed by atoms with Gasteiger partial charge >= 0.3 is 0 Å². The number of amides is 2. The van der Waals surface area contributed by atoms with E-state index in [1.54, 1.807) is 17.0 Å². The van der Waals surface area contributed by atoms with E-state index in [0.717, 1.165) is 5.56 Å². The summed E-state index contributed by atoms with van der Waals surface area (Å²) in [5.74, 6) is -0.132. The maximum Gasteiger partial charge on any atom is 0.229 e. The molecule has 2 aromatic rings. The molecule has 124 valence electrons. The molecule has 6 nitrogen and oxygen atoms in total. The third-order valence-electron chi connectivity index (χ3n) is 4.33. The van der Waals surface area contributed by atoms with E-state index in [1.165, 1.54) is 6.20 Å². The first kappa shape index (κ1) is 16.0. The van der Waals surface area contributed by atoms with Crippen LogP contribution >= 0.6 is 0 Å². The number of hydrogen-bond donors (Lipinski definition) is 2. The number of carbonyl (C=O) groups is 2. The molecule has 1 aromatic heterocycles. The predicted molar refractivity (Wildman–Crippen MR) is 92.0 cm³/mol. The summed E-state index contributed by atoms with van der Waals surface area (Å²) < 4.78 is 0. The molecule has 1 aromatic carbocycles. The maximum absolute atomic E-state index is 12.4. The number of carbonyl (C=O) groups excluding carboxylic acids is 2. The number of likely N-dealkylation sites (tertiary alicyclic amines) is 1. The lowest BCUT2D eigenvalue weighted by atomic mass is 10.1. The van der Waals surface area contributed by atoms with Gasteiger partial charge < -0.3 is 16.0 Å². The van der Waals surface area contributed by atoms with Crippen LogP contribution in [0.2, 0.25) is 0 Å². The quantitative estimate of drug-likeness (QED) is 0.902. The van der Waals surface area contributed by atoms with Crippen LogP contribution in [-0.4, -0.2) is 28.2 Å². The average Bonchev–Trinajstić information content (AvgIpc) is 2.99. The molecular weight excluding hydrogens is 304 g/mol. The molecule has 0 spiro atoms. The van der Waals surface area contributed by atoms with Crippen LogP contribution in [-0.2, 0) is 9.59 Å². The topological polar surface area (TPSA) is 88.3 Å². The molecular formula is C18H20N4O2. The number of benzene rings is 1. The zero-order chi connectivity index (χ0) is 17.1. The van der Waals surface area contributed by atoms with Crippen LogP contribution in [0.25, 0.3) is 0 Å². The van der Waals surface area contributed by atoms with E-state index < -0.39 is 0 Å². The van der Waals surface area contributed by atoms with Crippen molar-refractivity contribution in [2.45, 2.75) is 19.4 Å². The molecule has 1 aliphatic rings. The van der Waals surface area contributed by atoms with E-state index in [4.69, 9.17) is 5.73 Å². The second-order valence-electron chi connectivity index (χ2n) is 5.99. The molecule has 1 saturated heterocycles. The molecule has 0 saturated carbocycles. The number of nitrogens with two attached hydrogens (primary N) is 1.